The summed E-state index contributed by atoms with van der Waals surface area (Å²) < 4.78 is 0. The van der Waals surface area contributed by atoms with E-state index >= 15 is 0 Å². The van der Waals surface area contributed by atoms with Gasteiger partial charge in [0, 0.05) is 12.6 Å². The first-order valence-electron chi connectivity index (χ1n) is 7.07. The molecule has 0 aliphatic carbocycles. The monoisotopic (exact) mass is 241 g/mol. The van der Waals surface area contributed by atoms with E-state index in [1.165, 1.54) is 19.3 Å². The highest BCUT2D eigenvalue weighted by Crippen LogP contribution is 2.36. The molecule has 1 rings (SSSR count). The molecule has 2 atom stereocenters. The maximum absolute atomic E-state index is 11.4. The van der Waals surface area contributed by atoms with E-state index < -0.39 is 11.4 Å². The Kier molecular flexibility index (Phi) is 5.44. The van der Waals surface area contributed by atoms with E-state index in [2.05, 4.69) is 18.7 Å². The molecule has 17 heavy (non-hydrogen) atoms. The third kappa shape index (κ3) is 3.21. The Morgan fingerprint density at radius 2 is 2.12 bits per heavy atom. The van der Waals surface area contributed by atoms with Crippen molar-refractivity contribution in [2.75, 3.05) is 13.1 Å². The first-order valence-corrected chi connectivity index (χ1v) is 7.07. The molecule has 1 heterocycles. The molecule has 0 saturated carbocycles. The van der Waals surface area contributed by atoms with Crippen molar-refractivity contribution >= 4 is 5.97 Å². The summed E-state index contributed by atoms with van der Waals surface area (Å²) in [4.78, 5) is 13.8. The highest BCUT2D eigenvalue weighted by Gasteiger charge is 2.44. The fourth-order valence-electron chi connectivity index (χ4n) is 2.92. The first kappa shape index (κ1) is 14.5. The SMILES string of the molecule is CCCCC(CC)N1CCC(CC)(C(=O)O)C1. The molecule has 3 heteroatoms. The van der Waals surface area contributed by atoms with Gasteiger partial charge in [0.1, 0.15) is 0 Å². The van der Waals surface area contributed by atoms with Crippen molar-refractivity contribution < 1.29 is 9.90 Å². The second-order valence-corrected chi connectivity index (χ2v) is 5.36. The number of unbranched alkanes of at least 4 members (excludes halogenated alkanes) is 1. The van der Waals surface area contributed by atoms with E-state index in [0.717, 1.165) is 32.4 Å². The van der Waals surface area contributed by atoms with E-state index in [1.54, 1.807) is 0 Å². The molecule has 2 unspecified atom stereocenters. The van der Waals surface area contributed by atoms with Crippen LogP contribution in [0.4, 0.5) is 0 Å². The summed E-state index contributed by atoms with van der Waals surface area (Å²) in [7, 11) is 0. The summed E-state index contributed by atoms with van der Waals surface area (Å²) in [6, 6.07) is 0.586. The van der Waals surface area contributed by atoms with Crippen LogP contribution in [0.25, 0.3) is 0 Å². The highest BCUT2D eigenvalue weighted by atomic mass is 16.4. The second kappa shape index (κ2) is 6.39. The molecular weight excluding hydrogens is 214 g/mol. The summed E-state index contributed by atoms with van der Waals surface area (Å²) in [5, 5.41) is 9.39. The normalized spacial score (nSPS) is 27.2. The van der Waals surface area contributed by atoms with Crippen LogP contribution >= 0.6 is 0 Å². The molecule has 0 bridgehead atoms. The van der Waals surface area contributed by atoms with Crippen LogP contribution in [0.1, 0.15) is 59.3 Å². The zero-order valence-electron chi connectivity index (χ0n) is 11.5. The molecule has 1 aliphatic heterocycles. The molecule has 1 fully saturated rings. The molecule has 0 radical (unpaired) electrons. The molecule has 0 aromatic carbocycles. The Labute approximate surface area is 105 Å². The lowest BCUT2D eigenvalue weighted by Gasteiger charge is -2.29. The Balaban J connectivity index is 2.60. The van der Waals surface area contributed by atoms with Gasteiger partial charge in [-0.3, -0.25) is 9.69 Å². The predicted octanol–water partition coefficient (Wildman–Crippen LogP) is 3.14. The van der Waals surface area contributed by atoms with Crippen LogP contribution in [-0.4, -0.2) is 35.1 Å². The number of hydrogen-bond donors (Lipinski definition) is 1. The standard InChI is InChI=1S/C14H27NO2/c1-4-7-8-12(5-2)15-10-9-14(6-3,11-15)13(16)17/h12H,4-11H2,1-3H3,(H,16,17). The second-order valence-electron chi connectivity index (χ2n) is 5.36. The quantitative estimate of drug-likeness (QED) is 0.744. The lowest BCUT2D eigenvalue weighted by atomic mass is 9.84. The molecule has 0 aromatic heterocycles. The maximum atomic E-state index is 11.4. The Bertz CT molecular complexity index is 255. The topological polar surface area (TPSA) is 40.5 Å². The lowest BCUT2D eigenvalue weighted by molar-refractivity contribution is -0.148. The zero-order chi connectivity index (χ0) is 12.9. The van der Waals surface area contributed by atoms with Crippen LogP contribution in [0, 0.1) is 5.41 Å². The van der Waals surface area contributed by atoms with Gasteiger partial charge in [-0.05, 0) is 32.2 Å². The minimum Gasteiger partial charge on any atom is -0.481 e. The third-order valence-corrected chi connectivity index (χ3v) is 4.39. The number of aliphatic carboxylic acids is 1. The minimum absolute atomic E-state index is 0.473. The molecular formula is C14H27NO2. The number of rotatable bonds is 7. The average Bonchev–Trinajstić information content (AvgIpc) is 2.76. The Hall–Kier alpha value is -0.570. The van der Waals surface area contributed by atoms with Gasteiger partial charge in [-0.2, -0.15) is 0 Å². The van der Waals surface area contributed by atoms with E-state index in [1.807, 2.05) is 6.92 Å². The van der Waals surface area contributed by atoms with Gasteiger partial charge in [0.15, 0.2) is 0 Å². The number of likely N-dealkylation sites (tertiary alicyclic amines) is 1. The first-order chi connectivity index (χ1) is 8.09. The van der Waals surface area contributed by atoms with Crippen molar-refractivity contribution in [1.82, 2.24) is 4.90 Å². The smallest absolute Gasteiger partial charge is 0.310 e. The molecule has 0 amide bonds. The molecule has 0 aromatic rings. The number of carboxylic acids is 1. The van der Waals surface area contributed by atoms with Gasteiger partial charge in [-0.15, -0.1) is 0 Å². The fourth-order valence-corrected chi connectivity index (χ4v) is 2.92. The van der Waals surface area contributed by atoms with Gasteiger partial charge < -0.3 is 5.11 Å². The molecule has 1 N–H and O–H groups in total. The number of hydrogen-bond acceptors (Lipinski definition) is 2. The van der Waals surface area contributed by atoms with Crippen LogP contribution in [0.3, 0.4) is 0 Å². The van der Waals surface area contributed by atoms with Crippen molar-refractivity contribution in [2.45, 2.75) is 65.3 Å². The van der Waals surface area contributed by atoms with Crippen LogP contribution in [0.5, 0.6) is 0 Å². The number of carbonyl (C=O) groups is 1. The molecule has 1 saturated heterocycles. The van der Waals surface area contributed by atoms with Gasteiger partial charge in [-0.25, -0.2) is 0 Å². The van der Waals surface area contributed by atoms with Crippen LogP contribution < -0.4 is 0 Å². The van der Waals surface area contributed by atoms with Gasteiger partial charge >= 0.3 is 5.97 Å². The molecule has 100 valence electrons. The average molecular weight is 241 g/mol. The van der Waals surface area contributed by atoms with E-state index in [4.69, 9.17) is 0 Å². The van der Waals surface area contributed by atoms with E-state index in [9.17, 15) is 9.90 Å². The lowest BCUT2D eigenvalue weighted by Crippen LogP contribution is -2.38. The van der Waals surface area contributed by atoms with Crippen molar-refractivity contribution in [3.8, 4) is 0 Å². The Morgan fingerprint density at radius 1 is 1.41 bits per heavy atom. The van der Waals surface area contributed by atoms with E-state index in [-0.39, 0.29) is 0 Å². The minimum atomic E-state index is -0.604. The van der Waals surface area contributed by atoms with Crippen molar-refractivity contribution in [2.24, 2.45) is 5.41 Å². The summed E-state index contributed by atoms with van der Waals surface area (Å²) in [5.74, 6) is -0.604. The van der Waals surface area contributed by atoms with Crippen LogP contribution in [0.2, 0.25) is 0 Å². The predicted molar refractivity (Wildman–Crippen MR) is 70.2 cm³/mol. The van der Waals surface area contributed by atoms with Gasteiger partial charge in [0.25, 0.3) is 0 Å². The number of carboxylic acid groups (broad SMARTS) is 1. The van der Waals surface area contributed by atoms with Crippen molar-refractivity contribution in [3.05, 3.63) is 0 Å². The van der Waals surface area contributed by atoms with Crippen molar-refractivity contribution in [1.29, 1.82) is 0 Å². The third-order valence-electron chi connectivity index (χ3n) is 4.39. The van der Waals surface area contributed by atoms with Gasteiger partial charge in [0.05, 0.1) is 5.41 Å². The van der Waals surface area contributed by atoms with Gasteiger partial charge in [-0.1, -0.05) is 33.6 Å². The maximum Gasteiger partial charge on any atom is 0.310 e. The largest absolute Gasteiger partial charge is 0.481 e. The van der Waals surface area contributed by atoms with Gasteiger partial charge in [0.2, 0.25) is 0 Å². The molecule has 3 nitrogen and oxygen atoms in total. The molecule has 1 aliphatic rings. The summed E-state index contributed by atoms with van der Waals surface area (Å²) in [6.07, 6.45) is 6.40. The fraction of sp³-hybridized carbons (Fsp3) is 0.929. The summed E-state index contributed by atoms with van der Waals surface area (Å²) >= 11 is 0. The summed E-state index contributed by atoms with van der Waals surface area (Å²) in [6.45, 7) is 8.14. The molecule has 0 spiro atoms. The van der Waals surface area contributed by atoms with Crippen LogP contribution in [0.15, 0.2) is 0 Å². The Morgan fingerprint density at radius 3 is 2.53 bits per heavy atom. The summed E-state index contributed by atoms with van der Waals surface area (Å²) in [5.41, 5.74) is -0.473. The highest BCUT2D eigenvalue weighted by molar-refractivity contribution is 5.75. The van der Waals surface area contributed by atoms with Crippen molar-refractivity contribution in [3.63, 3.8) is 0 Å². The zero-order valence-corrected chi connectivity index (χ0v) is 11.5. The van der Waals surface area contributed by atoms with E-state index in [0.29, 0.717) is 6.04 Å². The number of nitrogens with zero attached hydrogens (tertiary/aromatic N) is 1. The van der Waals surface area contributed by atoms with Crippen LogP contribution in [-0.2, 0) is 4.79 Å².